The van der Waals surface area contributed by atoms with Gasteiger partial charge in [-0.25, -0.2) is 9.59 Å². The summed E-state index contributed by atoms with van der Waals surface area (Å²) >= 11 is 0. The third kappa shape index (κ3) is 60.5. The number of nitrogens with zero attached hydrogens (tertiary/aromatic N) is 3. The number of benzene rings is 2. The number of allylic oxidation sites excluding steroid dienone is 16. The van der Waals surface area contributed by atoms with Crippen LogP contribution in [0.4, 0.5) is 9.59 Å². The number of hydrogen-bond donors (Lipinski definition) is 0. The Bertz CT molecular complexity index is 2680. The fraction of sp³-hybridized carbons (Fsp3) is 0.693. The van der Waals surface area contributed by atoms with Crippen LogP contribution in [0.25, 0.3) is 0 Å². The van der Waals surface area contributed by atoms with E-state index in [4.69, 9.17) is 28.4 Å². The summed E-state index contributed by atoms with van der Waals surface area (Å²) < 4.78 is 37.0. The maximum absolute atomic E-state index is 12.8. The summed E-state index contributed by atoms with van der Waals surface area (Å²) in [5.41, 5.74) is 1.90. The van der Waals surface area contributed by atoms with Crippen molar-refractivity contribution in [1.29, 1.82) is 0 Å². The fourth-order valence-corrected chi connectivity index (χ4v) is 14.5. The van der Waals surface area contributed by atoms with E-state index in [0.29, 0.717) is 6.54 Å². The Kier molecular flexibility index (Phi) is 66.6. The van der Waals surface area contributed by atoms with Crippen LogP contribution in [-0.4, -0.2) is 116 Å². The second-order valence-corrected chi connectivity index (χ2v) is 32.7. The Morgan fingerprint density at radius 2 is 0.566 bits per heavy atom. The monoisotopic (exact) mass is 1570 g/mol. The molecule has 4 atom stereocenters. The summed E-state index contributed by atoms with van der Waals surface area (Å²) in [4.78, 5) is 40.1. The maximum atomic E-state index is 12.8. The molecule has 2 amide bonds. The third-order valence-electron chi connectivity index (χ3n) is 20.8. The standard InChI is InChI=1S/C48H79NO4.C41H75NO2.C12H15NO3/c1-5-7-9-11-13-15-17-19-21-23-25-27-29-31-36-40-45-46(41-37-32-30-28-26-24-22-20-18-16-14-12-10-8-6-2)53-48(3,52-45)43-49(4)47(50)51-42-44-38-34-33-35-39-44;1-6-8-10-12-14-16-18-20-22-24-26-28-30-32-34-36-39-40(44-41(3,43-39)38-42(4)5)37-35-33-31-29-27-25-23-21-19-17-15-13-11-9-7-2;1-10(14)8-13(2)12(15)16-9-11-6-4-3-5-7-11/h13-16,19-22,33-35,38-39,45-46H,5-12,17-18,23-32,36-37,40-43H2,1-4H3;14-17,20-23,39-40H,6-13,18-19,24-38H2,1-5H3;3-7H,8-9H2,1-2H3/b15-13-,16-14-,21-19-,22-20-;16-14-,17-15-,22-20-,23-21-;. The van der Waals surface area contributed by atoms with Crippen molar-refractivity contribution < 1.29 is 42.8 Å². The number of hydrogen-bond acceptors (Lipinski definition) is 10. The zero-order chi connectivity index (χ0) is 82.0. The number of Topliss-reactive ketones (excluding diaryl/α,β-unsaturated/α-hetero) is 1. The number of amides is 2. The Labute approximate surface area is 694 Å². The quantitative estimate of drug-likeness (QED) is 0.0468. The van der Waals surface area contributed by atoms with Gasteiger partial charge in [-0.3, -0.25) is 4.79 Å². The highest BCUT2D eigenvalue weighted by atomic mass is 16.8. The fourth-order valence-electron chi connectivity index (χ4n) is 14.5. The average Bonchev–Trinajstić information content (AvgIpc) is 1.68. The summed E-state index contributed by atoms with van der Waals surface area (Å²) in [5, 5.41) is 0. The van der Waals surface area contributed by atoms with Crippen molar-refractivity contribution in [3.63, 3.8) is 0 Å². The lowest BCUT2D eigenvalue weighted by Gasteiger charge is -2.28. The van der Waals surface area contributed by atoms with Gasteiger partial charge in [-0.1, -0.05) is 340 Å². The first-order chi connectivity index (χ1) is 55.1. The van der Waals surface area contributed by atoms with Crippen LogP contribution in [0.1, 0.15) is 368 Å². The molecule has 4 unspecified atom stereocenters. The minimum atomic E-state index is -0.829. The lowest BCUT2D eigenvalue weighted by molar-refractivity contribution is -0.170. The molecule has 0 spiro atoms. The number of unbranched alkanes of at least 4 members (excludes halogenated alkanes) is 32. The van der Waals surface area contributed by atoms with Crippen LogP contribution in [0.2, 0.25) is 0 Å². The minimum absolute atomic E-state index is 0.0672. The Morgan fingerprint density at radius 1 is 0.327 bits per heavy atom. The lowest BCUT2D eigenvalue weighted by atomic mass is 9.99. The molecule has 0 N–H and O–H groups in total. The molecule has 0 aromatic heterocycles. The normalized spacial score (nSPS) is 18.5. The van der Waals surface area contributed by atoms with E-state index in [1.807, 2.05) is 67.6 Å². The first kappa shape index (κ1) is 103. The highest BCUT2D eigenvalue weighted by Gasteiger charge is 2.46. The summed E-state index contributed by atoms with van der Waals surface area (Å²) in [5.74, 6) is -1.37. The molecule has 113 heavy (non-hydrogen) atoms. The van der Waals surface area contributed by atoms with Crippen molar-refractivity contribution in [3.8, 4) is 0 Å². The van der Waals surface area contributed by atoms with Crippen molar-refractivity contribution in [1.82, 2.24) is 14.7 Å². The molecule has 4 rings (SSSR count). The van der Waals surface area contributed by atoms with Crippen molar-refractivity contribution in [2.45, 2.75) is 406 Å². The molecule has 0 aliphatic carbocycles. The Morgan fingerprint density at radius 3 is 0.823 bits per heavy atom. The van der Waals surface area contributed by atoms with Gasteiger partial charge in [-0.15, -0.1) is 0 Å². The predicted octanol–water partition coefficient (Wildman–Crippen LogP) is 28.9. The molecular weight excluding hydrogens is 1400 g/mol. The van der Waals surface area contributed by atoms with Crippen LogP contribution in [0.15, 0.2) is 158 Å². The summed E-state index contributed by atoms with van der Waals surface area (Å²) in [6.07, 6.45) is 96.9. The average molecular weight is 1570 g/mol. The molecule has 2 aliphatic heterocycles. The zero-order valence-electron chi connectivity index (χ0n) is 74.3. The van der Waals surface area contributed by atoms with Crippen molar-refractivity contribution in [2.75, 3.05) is 47.8 Å². The van der Waals surface area contributed by atoms with Crippen LogP contribution < -0.4 is 0 Å². The number of rotatable bonds is 66. The second-order valence-electron chi connectivity index (χ2n) is 32.7. The molecule has 2 saturated heterocycles. The number of ether oxygens (including phenoxy) is 6. The topological polar surface area (TPSA) is 116 Å². The van der Waals surface area contributed by atoms with Gasteiger partial charge in [0.05, 0.1) is 44.1 Å². The lowest BCUT2D eigenvalue weighted by Crippen LogP contribution is -2.43. The third-order valence-corrected chi connectivity index (χ3v) is 20.8. The molecular formula is C101H169N3O9. The first-order valence-electron chi connectivity index (χ1n) is 46.0. The van der Waals surface area contributed by atoms with Gasteiger partial charge in [0.1, 0.15) is 19.0 Å². The van der Waals surface area contributed by atoms with Crippen molar-refractivity contribution >= 4 is 18.0 Å². The predicted molar refractivity (Wildman–Crippen MR) is 481 cm³/mol. The number of carbonyl (C=O) groups excluding carboxylic acids is 3. The van der Waals surface area contributed by atoms with Crippen LogP contribution in [0, 0.1) is 0 Å². The molecule has 0 saturated carbocycles. The van der Waals surface area contributed by atoms with Gasteiger partial charge < -0.3 is 43.1 Å². The second kappa shape index (κ2) is 72.8. The summed E-state index contributed by atoms with van der Waals surface area (Å²) in [7, 11) is 7.53. The van der Waals surface area contributed by atoms with Gasteiger partial charge in [0.25, 0.3) is 0 Å². The van der Waals surface area contributed by atoms with Gasteiger partial charge in [-0.05, 0) is 200 Å². The molecule has 2 heterocycles. The number of ketones is 1. The molecule has 0 radical (unpaired) electrons. The molecule has 2 aliphatic rings. The maximum Gasteiger partial charge on any atom is 0.410 e. The molecule has 2 aromatic rings. The first-order valence-corrected chi connectivity index (χ1v) is 46.0. The molecule has 2 aromatic carbocycles. The molecule has 0 bridgehead atoms. The Balaban J connectivity index is 0.000000647. The van der Waals surface area contributed by atoms with E-state index in [1.54, 1.807) is 11.9 Å². The molecule has 642 valence electrons. The Hall–Kier alpha value is -5.63. The van der Waals surface area contributed by atoms with Gasteiger partial charge in [0, 0.05) is 14.1 Å². The number of likely N-dealkylation sites (N-methyl/N-ethyl adjacent to an activating group) is 3. The van der Waals surface area contributed by atoms with Crippen molar-refractivity contribution in [2.24, 2.45) is 0 Å². The largest absolute Gasteiger partial charge is 0.445 e. The van der Waals surface area contributed by atoms with Gasteiger partial charge in [0.2, 0.25) is 0 Å². The SMILES string of the molecule is CC(=O)CN(C)C(=O)OCc1ccccc1.CCCCC/C=C\C/C=C\CCCCCCCC1OC(C)(CN(C)C(=O)OCc2ccccc2)OC1CCCCCCC/C=C\C/C=C\CCCCC.CCCCC/C=C\C/C=C\CCCCCCCC1OC(C)(CN(C)C)OC1CCCCCCC/C=C\C/C=C\CCCCC. The van der Waals surface area contributed by atoms with Crippen molar-refractivity contribution in [3.05, 3.63) is 169 Å². The number of carbonyl (C=O) groups is 3. The van der Waals surface area contributed by atoms with E-state index >= 15 is 0 Å². The van der Waals surface area contributed by atoms with E-state index in [9.17, 15) is 14.4 Å². The van der Waals surface area contributed by atoms with E-state index in [1.165, 1.54) is 263 Å². The van der Waals surface area contributed by atoms with Crippen LogP contribution >= 0.6 is 0 Å². The molecule has 12 nitrogen and oxygen atoms in total. The van der Waals surface area contributed by atoms with Crippen LogP contribution in [-0.2, 0) is 46.4 Å². The highest BCUT2D eigenvalue weighted by molar-refractivity contribution is 5.81. The minimum Gasteiger partial charge on any atom is -0.445 e. The van der Waals surface area contributed by atoms with Gasteiger partial charge >= 0.3 is 12.2 Å². The van der Waals surface area contributed by atoms with E-state index in [0.717, 1.165) is 81.9 Å². The smallest absolute Gasteiger partial charge is 0.410 e. The van der Waals surface area contributed by atoms with E-state index in [-0.39, 0.29) is 56.1 Å². The van der Waals surface area contributed by atoms with E-state index < -0.39 is 17.7 Å². The zero-order valence-corrected chi connectivity index (χ0v) is 74.3. The van der Waals surface area contributed by atoms with E-state index in [2.05, 4.69) is 151 Å². The molecule has 2 fully saturated rings. The summed E-state index contributed by atoms with van der Waals surface area (Å²) in [6, 6.07) is 19.2. The molecule has 12 heteroatoms. The van der Waals surface area contributed by atoms with Gasteiger partial charge in [0.15, 0.2) is 11.6 Å². The van der Waals surface area contributed by atoms with Crippen LogP contribution in [0.5, 0.6) is 0 Å². The summed E-state index contributed by atoms with van der Waals surface area (Å²) in [6.45, 7) is 16.3. The highest BCUT2D eigenvalue weighted by Crippen LogP contribution is 2.37. The van der Waals surface area contributed by atoms with Crippen LogP contribution in [0.3, 0.4) is 0 Å². The van der Waals surface area contributed by atoms with Gasteiger partial charge in [-0.2, -0.15) is 0 Å².